The van der Waals surface area contributed by atoms with E-state index in [9.17, 15) is 0 Å². The number of rotatable bonds is 3. The van der Waals surface area contributed by atoms with Gasteiger partial charge in [0, 0.05) is 18.5 Å². The van der Waals surface area contributed by atoms with Crippen LogP contribution in [-0.2, 0) is 13.5 Å². The topological polar surface area (TPSA) is 43.8 Å². The molecule has 3 nitrogen and oxygen atoms in total. The average molecular weight is 207 g/mol. The molecular formula is C12H21N3. The van der Waals surface area contributed by atoms with E-state index in [1.807, 2.05) is 11.7 Å². The Balaban J connectivity index is 2.32. The lowest BCUT2D eigenvalue weighted by Gasteiger charge is -2.06. The molecule has 2 atom stereocenters. The zero-order valence-corrected chi connectivity index (χ0v) is 10.1. The van der Waals surface area contributed by atoms with Gasteiger partial charge in [-0.2, -0.15) is 5.10 Å². The Morgan fingerprint density at radius 2 is 2.13 bits per heavy atom. The lowest BCUT2D eigenvalue weighted by molar-refractivity contribution is 0.642. The highest BCUT2D eigenvalue weighted by Gasteiger charge is 2.38. The smallest absolute Gasteiger partial charge is 0.124 e. The molecule has 3 heteroatoms. The number of aromatic nitrogens is 2. The van der Waals surface area contributed by atoms with Crippen molar-refractivity contribution < 1.29 is 0 Å². The summed E-state index contributed by atoms with van der Waals surface area (Å²) >= 11 is 0. The number of nitrogens with two attached hydrogens (primary N) is 1. The maximum absolute atomic E-state index is 6.06. The van der Waals surface area contributed by atoms with E-state index in [2.05, 4.69) is 25.9 Å². The summed E-state index contributed by atoms with van der Waals surface area (Å²) in [7, 11) is 1.94. The minimum atomic E-state index is 0.643. The Bertz CT molecular complexity index is 365. The first-order chi connectivity index (χ1) is 7.00. The lowest BCUT2D eigenvalue weighted by atomic mass is 10.0. The van der Waals surface area contributed by atoms with E-state index in [0.717, 1.165) is 18.2 Å². The molecule has 1 aliphatic carbocycles. The molecule has 1 heterocycles. The standard InChI is InChI=1S/C12H21N3/c1-7(2)5-10-11(9-6-8(9)3)14-15(4)12(10)13/h7-9H,5-6,13H2,1-4H3. The Kier molecular flexibility index (Phi) is 2.49. The minimum Gasteiger partial charge on any atom is -0.384 e. The van der Waals surface area contributed by atoms with Gasteiger partial charge in [0.15, 0.2) is 0 Å². The van der Waals surface area contributed by atoms with Crippen molar-refractivity contribution in [3.63, 3.8) is 0 Å². The molecule has 0 saturated heterocycles. The number of nitrogens with zero attached hydrogens (tertiary/aromatic N) is 2. The summed E-state index contributed by atoms with van der Waals surface area (Å²) in [4.78, 5) is 0. The third kappa shape index (κ3) is 1.87. The van der Waals surface area contributed by atoms with E-state index in [1.54, 1.807) is 0 Å². The number of hydrogen-bond donors (Lipinski definition) is 1. The van der Waals surface area contributed by atoms with Gasteiger partial charge in [0.05, 0.1) is 5.69 Å². The Morgan fingerprint density at radius 1 is 1.53 bits per heavy atom. The largest absolute Gasteiger partial charge is 0.384 e. The number of hydrogen-bond acceptors (Lipinski definition) is 2. The predicted molar refractivity (Wildman–Crippen MR) is 62.7 cm³/mol. The molecule has 1 aliphatic rings. The van der Waals surface area contributed by atoms with Crippen LogP contribution < -0.4 is 5.73 Å². The summed E-state index contributed by atoms with van der Waals surface area (Å²) in [5.74, 6) is 2.97. The third-order valence-electron chi connectivity index (χ3n) is 3.30. The summed E-state index contributed by atoms with van der Waals surface area (Å²) < 4.78 is 1.83. The van der Waals surface area contributed by atoms with Gasteiger partial charge in [0.1, 0.15) is 5.82 Å². The zero-order valence-electron chi connectivity index (χ0n) is 10.1. The molecule has 2 unspecified atom stereocenters. The zero-order chi connectivity index (χ0) is 11.2. The van der Waals surface area contributed by atoms with Crippen molar-refractivity contribution in [1.82, 2.24) is 9.78 Å². The van der Waals surface area contributed by atoms with E-state index in [1.165, 1.54) is 17.7 Å². The third-order valence-corrected chi connectivity index (χ3v) is 3.30. The van der Waals surface area contributed by atoms with Crippen LogP contribution in [-0.4, -0.2) is 9.78 Å². The van der Waals surface area contributed by atoms with Crippen LogP contribution in [0.5, 0.6) is 0 Å². The van der Waals surface area contributed by atoms with E-state index < -0.39 is 0 Å². The van der Waals surface area contributed by atoms with Crippen molar-refractivity contribution in [1.29, 1.82) is 0 Å². The minimum absolute atomic E-state index is 0.643. The molecule has 0 aliphatic heterocycles. The van der Waals surface area contributed by atoms with Crippen LogP contribution in [0.3, 0.4) is 0 Å². The fourth-order valence-electron chi connectivity index (χ4n) is 2.22. The highest BCUT2D eigenvalue weighted by atomic mass is 15.3. The van der Waals surface area contributed by atoms with Crippen molar-refractivity contribution >= 4 is 5.82 Å². The summed E-state index contributed by atoms with van der Waals surface area (Å²) in [6, 6.07) is 0. The molecule has 1 aromatic rings. The van der Waals surface area contributed by atoms with Crippen LogP contribution in [0.2, 0.25) is 0 Å². The van der Waals surface area contributed by atoms with E-state index in [4.69, 9.17) is 5.73 Å². The fourth-order valence-corrected chi connectivity index (χ4v) is 2.22. The summed E-state index contributed by atoms with van der Waals surface area (Å²) in [6.07, 6.45) is 2.33. The molecule has 0 bridgehead atoms. The van der Waals surface area contributed by atoms with Crippen LogP contribution in [0, 0.1) is 11.8 Å². The Labute approximate surface area is 91.7 Å². The Morgan fingerprint density at radius 3 is 2.60 bits per heavy atom. The van der Waals surface area contributed by atoms with Crippen molar-refractivity contribution in [2.75, 3.05) is 5.73 Å². The van der Waals surface area contributed by atoms with Crippen molar-refractivity contribution in [3.8, 4) is 0 Å². The van der Waals surface area contributed by atoms with Crippen molar-refractivity contribution in [2.45, 2.75) is 39.5 Å². The first-order valence-corrected chi connectivity index (χ1v) is 5.82. The summed E-state index contributed by atoms with van der Waals surface area (Å²) in [6.45, 7) is 6.74. The first kappa shape index (κ1) is 10.5. The quantitative estimate of drug-likeness (QED) is 0.826. The van der Waals surface area contributed by atoms with Gasteiger partial charge in [0.2, 0.25) is 0 Å². The van der Waals surface area contributed by atoms with Crippen LogP contribution in [0.25, 0.3) is 0 Å². The maximum atomic E-state index is 6.06. The van der Waals surface area contributed by atoms with Crippen molar-refractivity contribution in [2.24, 2.45) is 18.9 Å². The first-order valence-electron chi connectivity index (χ1n) is 5.82. The molecular weight excluding hydrogens is 186 g/mol. The van der Waals surface area contributed by atoms with Crippen LogP contribution in [0.15, 0.2) is 0 Å². The second-order valence-corrected chi connectivity index (χ2v) is 5.29. The second-order valence-electron chi connectivity index (χ2n) is 5.29. The SMILES string of the molecule is CC(C)Cc1c(C2CC2C)nn(C)c1N. The molecule has 15 heavy (non-hydrogen) atoms. The molecule has 1 saturated carbocycles. The molecule has 0 radical (unpaired) electrons. The Hall–Kier alpha value is -0.990. The number of nitrogen functional groups attached to an aromatic ring is 1. The van der Waals surface area contributed by atoms with Crippen LogP contribution in [0.4, 0.5) is 5.82 Å². The summed E-state index contributed by atoms with van der Waals surface area (Å²) in [5, 5.41) is 4.57. The maximum Gasteiger partial charge on any atom is 0.124 e. The highest BCUT2D eigenvalue weighted by Crippen LogP contribution is 2.48. The second kappa shape index (κ2) is 3.54. The normalized spacial score (nSPS) is 24.9. The number of anilines is 1. The molecule has 1 aromatic heterocycles. The van der Waals surface area contributed by atoms with Gasteiger partial charge in [-0.3, -0.25) is 4.68 Å². The molecule has 0 amide bonds. The molecule has 2 N–H and O–H groups in total. The average Bonchev–Trinajstić information content (AvgIpc) is 2.80. The van der Waals surface area contributed by atoms with Gasteiger partial charge < -0.3 is 5.73 Å². The van der Waals surface area contributed by atoms with Crippen LogP contribution in [0.1, 0.15) is 44.4 Å². The molecule has 0 spiro atoms. The van der Waals surface area contributed by atoms with Crippen molar-refractivity contribution in [3.05, 3.63) is 11.3 Å². The van der Waals surface area contributed by atoms with Crippen LogP contribution >= 0.6 is 0 Å². The van der Waals surface area contributed by atoms with Gasteiger partial charge in [-0.05, 0) is 24.7 Å². The van der Waals surface area contributed by atoms with Gasteiger partial charge in [0.25, 0.3) is 0 Å². The molecule has 84 valence electrons. The molecule has 2 rings (SSSR count). The molecule has 1 fully saturated rings. The monoisotopic (exact) mass is 207 g/mol. The highest BCUT2D eigenvalue weighted by molar-refractivity contribution is 5.46. The molecule has 0 aromatic carbocycles. The lowest BCUT2D eigenvalue weighted by Crippen LogP contribution is -2.02. The van der Waals surface area contributed by atoms with Gasteiger partial charge in [-0.15, -0.1) is 0 Å². The fraction of sp³-hybridized carbons (Fsp3) is 0.750. The van der Waals surface area contributed by atoms with E-state index >= 15 is 0 Å². The number of aryl methyl sites for hydroxylation is 1. The van der Waals surface area contributed by atoms with Gasteiger partial charge in [-0.25, -0.2) is 0 Å². The van der Waals surface area contributed by atoms with E-state index in [-0.39, 0.29) is 0 Å². The van der Waals surface area contributed by atoms with E-state index in [0.29, 0.717) is 11.8 Å². The van der Waals surface area contributed by atoms with Gasteiger partial charge in [-0.1, -0.05) is 20.8 Å². The summed E-state index contributed by atoms with van der Waals surface area (Å²) in [5.41, 5.74) is 8.62. The predicted octanol–water partition coefficient (Wildman–Crippen LogP) is 2.32. The van der Waals surface area contributed by atoms with Gasteiger partial charge >= 0.3 is 0 Å².